The van der Waals surface area contributed by atoms with E-state index in [9.17, 15) is 14.4 Å². The van der Waals surface area contributed by atoms with Crippen molar-refractivity contribution in [2.45, 2.75) is 27.3 Å². The average molecular weight is 455 g/mol. The Labute approximate surface area is 191 Å². The molecule has 1 aromatic carbocycles. The van der Waals surface area contributed by atoms with Gasteiger partial charge in [0.15, 0.2) is 0 Å². The van der Waals surface area contributed by atoms with Crippen molar-refractivity contribution < 1.29 is 13.9 Å². The van der Waals surface area contributed by atoms with E-state index in [-0.39, 0.29) is 23.4 Å². The first-order valence-electron chi connectivity index (χ1n) is 11.1. The van der Waals surface area contributed by atoms with Crippen molar-refractivity contribution in [3.8, 4) is 5.75 Å². The Hall–Kier alpha value is -3.33. The molecule has 176 valence electrons. The number of anilines is 1. The first kappa shape index (κ1) is 22.8. The van der Waals surface area contributed by atoms with Crippen molar-refractivity contribution in [1.82, 2.24) is 14.0 Å². The number of nitrogens with zero attached hydrogens (tertiary/aromatic N) is 4. The molecule has 0 unspecified atom stereocenters. The lowest BCUT2D eigenvalue weighted by molar-refractivity contribution is 0.0763. The molecule has 1 aliphatic rings. The lowest BCUT2D eigenvalue weighted by Gasteiger charge is -2.36. The number of hydrogen-bond acceptors (Lipinski definition) is 7. The first-order valence-corrected chi connectivity index (χ1v) is 11.1. The number of piperazine rings is 1. The van der Waals surface area contributed by atoms with Crippen LogP contribution in [0.1, 0.15) is 25.6 Å². The minimum atomic E-state index is -0.787. The maximum absolute atomic E-state index is 13.2. The number of furan rings is 1. The Kier molecular flexibility index (Phi) is 6.16. The predicted molar refractivity (Wildman–Crippen MR) is 126 cm³/mol. The van der Waals surface area contributed by atoms with Crippen molar-refractivity contribution in [3.05, 3.63) is 57.6 Å². The molecule has 1 saturated heterocycles. The van der Waals surface area contributed by atoms with Crippen LogP contribution >= 0.6 is 0 Å². The summed E-state index contributed by atoms with van der Waals surface area (Å²) in [6.45, 7) is 9.14. The quantitative estimate of drug-likeness (QED) is 0.584. The Balaban J connectivity index is 1.52. The molecule has 0 radical (unpaired) electrons. The van der Waals surface area contributed by atoms with Crippen LogP contribution in [0.2, 0.25) is 0 Å². The third-order valence-corrected chi connectivity index (χ3v) is 6.06. The molecule has 0 N–H and O–H groups in total. The number of fused-ring (bicyclic) bond motifs is 1. The highest BCUT2D eigenvalue weighted by atomic mass is 16.5. The summed E-state index contributed by atoms with van der Waals surface area (Å²) in [6.07, 6.45) is 2.58. The van der Waals surface area contributed by atoms with Crippen LogP contribution in [0, 0.1) is 5.41 Å². The molecule has 2 aromatic heterocycles. The van der Waals surface area contributed by atoms with Gasteiger partial charge in [-0.15, -0.1) is 0 Å². The number of para-hydroxylation sites is 2. The Bertz CT molecular complexity index is 1270. The van der Waals surface area contributed by atoms with Gasteiger partial charge in [-0.2, -0.15) is 0 Å². The maximum Gasteiger partial charge on any atom is 0.338 e. The van der Waals surface area contributed by atoms with Crippen LogP contribution in [0.15, 0.2) is 50.8 Å². The summed E-state index contributed by atoms with van der Waals surface area (Å²) >= 11 is 0. The van der Waals surface area contributed by atoms with Gasteiger partial charge in [0.05, 0.1) is 12.8 Å². The Morgan fingerprint density at radius 3 is 2.39 bits per heavy atom. The SMILES string of the molecule is COc1ccccc1N1CCN(CCn2c(=O)c3cocc3n(C(=O)C(C)(C)C)c2=O)CC1. The summed E-state index contributed by atoms with van der Waals surface area (Å²) in [4.78, 5) is 43.6. The molecule has 1 fully saturated rings. The first-order chi connectivity index (χ1) is 15.7. The fourth-order valence-corrected chi connectivity index (χ4v) is 4.15. The van der Waals surface area contributed by atoms with Crippen molar-refractivity contribution >= 4 is 22.5 Å². The van der Waals surface area contributed by atoms with Gasteiger partial charge in [-0.1, -0.05) is 32.9 Å². The van der Waals surface area contributed by atoms with Crippen LogP contribution < -0.4 is 20.9 Å². The van der Waals surface area contributed by atoms with Crippen LogP contribution in [0.3, 0.4) is 0 Å². The second kappa shape index (κ2) is 8.90. The lowest BCUT2D eigenvalue weighted by atomic mass is 9.95. The van der Waals surface area contributed by atoms with E-state index in [2.05, 4.69) is 9.80 Å². The maximum atomic E-state index is 13.2. The van der Waals surface area contributed by atoms with E-state index >= 15 is 0 Å². The van der Waals surface area contributed by atoms with Crippen molar-refractivity contribution in [2.75, 3.05) is 44.7 Å². The topological polar surface area (TPSA) is 89.9 Å². The fourth-order valence-electron chi connectivity index (χ4n) is 4.15. The zero-order valence-electron chi connectivity index (χ0n) is 19.5. The molecule has 9 heteroatoms. The van der Waals surface area contributed by atoms with E-state index in [1.807, 2.05) is 24.3 Å². The van der Waals surface area contributed by atoms with Crippen LogP contribution in [-0.4, -0.2) is 59.8 Å². The van der Waals surface area contributed by atoms with Gasteiger partial charge >= 0.3 is 5.69 Å². The van der Waals surface area contributed by atoms with E-state index in [0.29, 0.717) is 6.54 Å². The van der Waals surface area contributed by atoms with Crippen molar-refractivity contribution in [1.29, 1.82) is 0 Å². The molecule has 9 nitrogen and oxygen atoms in total. The molecule has 0 atom stereocenters. The molecular formula is C24H30N4O5. The molecule has 1 aliphatic heterocycles. The van der Waals surface area contributed by atoms with Crippen LogP contribution in [0.4, 0.5) is 5.69 Å². The van der Waals surface area contributed by atoms with Gasteiger partial charge in [-0.3, -0.25) is 19.1 Å². The molecule has 0 spiro atoms. The van der Waals surface area contributed by atoms with Crippen molar-refractivity contribution in [3.63, 3.8) is 0 Å². The third kappa shape index (κ3) is 4.32. The number of carbonyl (C=O) groups is 1. The van der Waals surface area contributed by atoms with E-state index in [4.69, 9.17) is 9.15 Å². The fraction of sp³-hybridized carbons (Fsp3) is 0.458. The number of benzene rings is 1. The number of aromatic nitrogens is 2. The molecule has 3 aromatic rings. The lowest BCUT2D eigenvalue weighted by Crippen LogP contribution is -2.50. The molecular weight excluding hydrogens is 424 g/mol. The van der Waals surface area contributed by atoms with Gasteiger partial charge in [-0.05, 0) is 12.1 Å². The van der Waals surface area contributed by atoms with Crippen molar-refractivity contribution in [2.24, 2.45) is 5.41 Å². The largest absolute Gasteiger partial charge is 0.495 e. The third-order valence-electron chi connectivity index (χ3n) is 6.06. The van der Waals surface area contributed by atoms with Gasteiger partial charge < -0.3 is 14.1 Å². The average Bonchev–Trinajstić information content (AvgIpc) is 3.28. The van der Waals surface area contributed by atoms with Gasteiger partial charge in [0.2, 0.25) is 5.91 Å². The Morgan fingerprint density at radius 1 is 1.03 bits per heavy atom. The molecule has 0 saturated carbocycles. The minimum Gasteiger partial charge on any atom is -0.495 e. The van der Waals surface area contributed by atoms with Crippen LogP contribution in [-0.2, 0) is 6.54 Å². The summed E-state index contributed by atoms with van der Waals surface area (Å²) in [5.41, 5.74) is -0.572. The number of carbonyl (C=O) groups excluding carboxylic acids is 1. The minimum absolute atomic E-state index is 0.199. The van der Waals surface area contributed by atoms with Gasteiger partial charge in [0.25, 0.3) is 5.56 Å². The second-order valence-electron chi connectivity index (χ2n) is 9.30. The summed E-state index contributed by atoms with van der Waals surface area (Å²) < 4.78 is 12.9. The molecule has 0 amide bonds. The Morgan fingerprint density at radius 2 is 1.73 bits per heavy atom. The van der Waals surface area contributed by atoms with E-state index in [0.717, 1.165) is 46.8 Å². The summed E-state index contributed by atoms with van der Waals surface area (Å²) in [5, 5.41) is 0.230. The normalized spacial score (nSPS) is 15.2. The van der Waals surface area contributed by atoms with E-state index in [1.54, 1.807) is 27.9 Å². The second-order valence-corrected chi connectivity index (χ2v) is 9.30. The predicted octanol–water partition coefficient (Wildman–Crippen LogP) is 2.27. The monoisotopic (exact) mass is 454 g/mol. The highest BCUT2D eigenvalue weighted by Gasteiger charge is 2.28. The summed E-state index contributed by atoms with van der Waals surface area (Å²) in [5.74, 6) is 0.466. The van der Waals surface area contributed by atoms with Gasteiger partial charge in [0.1, 0.15) is 29.2 Å². The highest BCUT2D eigenvalue weighted by molar-refractivity contribution is 5.92. The molecule has 3 heterocycles. The number of hydrogen-bond donors (Lipinski definition) is 0. The standard InChI is InChI=1S/C24H30N4O5/c1-24(2,3)22(30)28-19-16-33-15-17(19)21(29)27(23(28)31)14-11-25-9-12-26(13-10-25)18-7-5-6-8-20(18)32-4/h5-8,15-16H,9-14H2,1-4H3. The molecule has 4 rings (SSSR count). The van der Waals surface area contributed by atoms with Crippen LogP contribution in [0.25, 0.3) is 10.9 Å². The zero-order chi connectivity index (χ0) is 23.8. The molecule has 33 heavy (non-hydrogen) atoms. The van der Waals surface area contributed by atoms with Crippen LogP contribution in [0.5, 0.6) is 5.75 Å². The van der Waals surface area contributed by atoms with E-state index in [1.165, 1.54) is 12.5 Å². The number of methoxy groups -OCH3 is 1. The zero-order valence-corrected chi connectivity index (χ0v) is 19.5. The number of rotatable bonds is 5. The number of ether oxygens (including phenoxy) is 1. The highest BCUT2D eigenvalue weighted by Crippen LogP contribution is 2.28. The molecule has 0 bridgehead atoms. The van der Waals surface area contributed by atoms with Gasteiger partial charge in [0, 0.05) is 44.7 Å². The molecule has 0 aliphatic carbocycles. The van der Waals surface area contributed by atoms with Gasteiger partial charge in [-0.25, -0.2) is 9.36 Å². The summed E-state index contributed by atoms with van der Waals surface area (Å²) in [6, 6.07) is 7.93. The smallest absolute Gasteiger partial charge is 0.338 e. The summed E-state index contributed by atoms with van der Waals surface area (Å²) in [7, 11) is 1.67. The van der Waals surface area contributed by atoms with E-state index < -0.39 is 16.7 Å².